The number of rotatable bonds is 5. The van der Waals surface area contributed by atoms with E-state index in [-0.39, 0.29) is 0 Å². The summed E-state index contributed by atoms with van der Waals surface area (Å²) in [5, 5.41) is 0. The molecular formula is C19H26Si. The van der Waals surface area contributed by atoms with Crippen molar-refractivity contribution in [2.45, 2.75) is 58.7 Å². The van der Waals surface area contributed by atoms with Gasteiger partial charge in [-0.25, -0.2) is 0 Å². The SMILES string of the molecule is CCCCCCc1ccc(C#CC#C[Si](C)(C)C)cc1. The number of unbranched alkanes of at least 4 members (excludes halogenated alkanes) is 3. The molecule has 1 rings (SSSR count). The maximum Gasteiger partial charge on any atom is 0.130 e. The third kappa shape index (κ3) is 7.88. The summed E-state index contributed by atoms with van der Waals surface area (Å²) in [6, 6.07) is 8.61. The second kappa shape index (κ2) is 8.67. The Morgan fingerprint density at radius 2 is 1.60 bits per heavy atom. The minimum Gasteiger partial charge on any atom is -0.118 e. The molecule has 1 aromatic rings. The Labute approximate surface area is 126 Å². The summed E-state index contributed by atoms with van der Waals surface area (Å²) >= 11 is 0. The fourth-order valence-electron chi connectivity index (χ4n) is 1.83. The van der Waals surface area contributed by atoms with Crippen LogP contribution < -0.4 is 0 Å². The molecule has 0 aliphatic heterocycles. The first-order valence-corrected chi connectivity index (χ1v) is 11.1. The van der Waals surface area contributed by atoms with E-state index in [1.807, 2.05) is 0 Å². The van der Waals surface area contributed by atoms with E-state index >= 15 is 0 Å². The molecule has 0 saturated heterocycles. The summed E-state index contributed by atoms with van der Waals surface area (Å²) in [6.07, 6.45) is 6.46. The lowest BCUT2D eigenvalue weighted by atomic mass is 10.0. The van der Waals surface area contributed by atoms with Crippen LogP contribution in [0.5, 0.6) is 0 Å². The van der Waals surface area contributed by atoms with Crippen molar-refractivity contribution in [3.63, 3.8) is 0 Å². The largest absolute Gasteiger partial charge is 0.130 e. The zero-order chi connectivity index (χ0) is 14.8. The van der Waals surface area contributed by atoms with Crippen LogP contribution in [0.1, 0.15) is 43.7 Å². The van der Waals surface area contributed by atoms with Crippen molar-refractivity contribution in [2.24, 2.45) is 0 Å². The molecular weight excluding hydrogens is 256 g/mol. The highest BCUT2D eigenvalue weighted by atomic mass is 28.3. The van der Waals surface area contributed by atoms with Crippen LogP contribution in [0.4, 0.5) is 0 Å². The van der Waals surface area contributed by atoms with Crippen molar-refractivity contribution in [3.05, 3.63) is 35.4 Å². The maximum atomic E-state index is 3.26. The molecule has 20 heavy (non-hydrogen) atoms. The minimum atomic E-state index is -1.29. The molecule has 0 atom stereocenters. The maximum absolute atomic E-state index is 3.26. The molecule has 0 saturated carbocycles. The van der Waals surface area contributed by atoms with Gasteiger partial charge in [0.2, 0.25) is 0 Å². The highest BCUT2D eigenvalue weighted by Crippen LogP contribution is 2.09. The highest BCUT2D eigenvalue weighted by Gasteiger charge is 2.06. The first-order chi connectivity index (χ1) is 9.51. The molecule has 1 aromatic carbocycles. The van der Waals surface area contributed by atoms with Crippen LogP contribution >= 0.6 is 0 Å². The number of aryl methyl sites for hydroxylation is 1. The number of hydrogen-bond donors (Lipinski definition) is 0. The summed E-state index contributed by atoms with van der Waals surface area (Å²) in [7, 11) is -1.29. The smallest absolute Gasteiger partial charge is 0.118 e. The van der Waals surface area contributed by atoms with Crippen molar-refractivity contribution in [2.75, 3.05) is 0 Å². The van der Waals surface area contributed by atoms with Crippen molar-refractivity contribution in [1.82, 2.24) is 0 Å². The molecule has 0 bridgehead atoms. The Kier molecular flexibility index (Phi) is 7.20. The fourth-order valence-corrected chi connectivity index (χ4v) is 2.27. The van der Waals surface area contributed by atoms with Crippen molar-refractivity contribution in [3.8, 4) is 23.3 Å². The van der Waals surface area contributed by atoms with Gasteiger partial charge in [-0.1, -0.05) is 63.9 Å². The van der Waals surface area contributed by atoms with Crippen molar-refractivity contribution in [1.29, 1.82) is 0 Å². The Morgan fingerprint density at radius 1 is 0.900 bits per heavy atom. The van der Waals surface area contributed by atoms with Gasteiger partial charge in [-0.15, -0.1) is 5.54 Å². The predicted molar refractivity (Wildman–Crippen MR) is 92.3 cm³/mol. The quantitative estimate of drug-likeness (QED) is 0.403. The molecule has 0 N–H and O–H groups in total. The molecule has 0 fully saturated rings. The van der Waals surface area contributed by atoms with Crippen molar-refractivity contribution < 1.29 is 0 Å². The number of hydrogen-bond acceptors (Lipinski definition) is 0. The minimum absolute atomic E-state index is 1.06. The molecule has 0 radical (unpaired) electrons. The van der Waals surface area contributed by atoms with Crippen LogP contribution in [-0.2, 0) is 6.42 Å². The van der Waals surface area contributed by atoms with E-state index in [9.17, 15) is 0 Å². The fraction of sp³-hybridized carbons (Fsp3) is 0.474. The normalized spacial score (nSPS) is 10.2. The van der Waals surface area contributed by atoms with Crippen LogP contribution in [0, 0.1) is 23.3 Å². The van der Waals surface area contributed by atoms with E-state index in [4.69, 9.17) is 0 Å². The lowest BCUT2D eigenvalue weighted by Crippen LogP contribution is -2.16. The first kappa shape index (κ1) is 16.6. The third-order valence-corrected chi connectivity index (χ3v) is 3.85. The van der Waals surface area contributed by atoms with Gasteiger partial charge < -0.3 is 0 Å². The average molecular weight is 283 g/mol. The zero-order valence-corrected chi connectivity index (χ0v) is 14.3. The Bertz CT molecular complexity index is 509. The second-order valence-electron chi connectivity index (χ2n) is 6.26. The second-order valence-corrected chi connectivity index (χ2v) is 11.0. The topological polar surface area (TPSA) is 0 Å². The molecule has 0 nitrogen and oxygen atoms in total. The van der Waals surface area contributed by atoms with E-state index < -0.39 is 8.07 Å². The van der Waals surface area contributed by atoms with Gasteiger partial charge in [0, 0.05) is 5.56 Å². The lowest BCUT2D eigenvalue weighted by Gasteiger charge is -2.01. The summed E-state index contributed by atoms with van der Waals surface area (Å²) in [5.74, 6) is 9.07. The van der Waals surface area contributed by atoms with E-state index in [1.165, 1.54) is 37.7 Å². The van der Waals surface area contributed by atoms with Gasteiger partial charge >= 0.3 is 0 Å². The molecule has 0 heterocycles. The lowest BCUT2D eigenvalue weighted by molar-refractivity contribution is 0.667. The van der Waals surface area contributed by atoms with Gasteiger partial charge in [0.05, 0.1) is 0 Å². The van der Waals surface area contributed by atoms with E-state index in [1.54, 1.807) is 0 Å². The summed E-state index contributed by atoms with van der Waals surface area (Å²) in [5.41, 5.74) is 5.74. The van der Waals surface area contributed by atoms with Gasteiger partial charge in [0.25, 0.3) is 0 Å². The Balaban J connectivity index is 2.50. The van der Waals surface area contributed by atoms with Gasteiger partial charge in [-0.3, -0.25) is 0 Å². The van der Waals surface area contributed by atoms with Crippen LogP contribution in [0.3, 0.4) is 0 Å². The third-order valence-electron chi connectivity index (χ3n) is 2.98. The van der Waals surface area contributed by atoms with Crippen LogP contribution in [-0.4, -0.2) is 8.07 Å². The molecule has 0 aliphatic carbocycles. The summed E-state index contributed by atoms with van der Waals surface area (Å²) in [4.78, 5) is 0. The van der Waals surface area contributed by atoms with Crippen molar-refractivity contribution >= 4 is 8.07 Å². The van der Waals surface area contributed by atoms with Gasteiger partial charge in [0.1, 0.15) is 8.07 Å². The standard InChI is InChI=1S/C19H26Si/c1-5-6-7-8-11-18-13-15-19(16-14-18)12-9-10-17-20(2,3)4/h13-16H,5-8,11H2,1-4H3. The van der Waals surface area contributed by atoms with E-state index in [0.717, 1.165) is 5.56 Å². The number of benzene rings is 1. The van der Waals surface area contributed by atoms with Gasteiger partial charge in [0.15, 0.2) is 0 Å². The zero-order valence-electron chi connectivity index (χ0n) is 13.3. The average Bonchev–Trinajstić information content (AvgIpc) is 2.40. The Hall–Kier alpha value is -1.44. The van der Waals surface area contributed by atoms with Gasteiger partial charge in [-0.2, -0.15) is 0 Å². The molecule has 0 unspecified atom stereocenters. The van der Waals surface area contributed by atoms with Crippen LogP contribution in [0.15, 0.2) is 24.3 Å². The molecule has 0 aromatic heterocycles. The van der Waals surface area contributed by atoms with E-state index in [2.05, 4.69) is 74.1 Å². The predicted octanol–water partition coefficient (Wildman–Crippen LogP) is 5.04. The van der Waals surface area contributed by atoms with Crippen LogP contribution in [0.25, 0.3) is 0 Å². The first-order valence-electron chi connectivity index (χ1n) is 7.63. The van der Waals surface area contributed by atoms with Crippen LogP contribution in [0.2, 0.25) is 19.6 Å². The molecule has 0 aliphatic rings. The highest BCUT2D eigenvalue weighted by molar-refractivity contribution is 6.83. The summed E-state index contributed by atoms with van der Waals surface area (Å²) in [6.45, 7) is 8.94. The van der Waals surface area contributed by atoms with E-state index in [0.29, 0.717) is 0 Å². The molecule has 106 valence electrons. The summed E-state index contributed by atoms with van der Waals surface area (Å²) < 4.78 is 0. The Morgan fingerprint density at radius 3 is 2.20 bits per heavy atom. The van der Waals surface area contributed by atoms with Gasteiger partial charge in [-0.05, 0) is 42.4 Å². The molecule has 0 amide bonds. The molecule has 0 spiro atoms. The molecule has 1 heteroatoms. The monoisotopic (exact) mass is 282 g/mol.